The molecule has 4 N–H and O–H groups in total. The van der Waals surface area contributed by atoms with Gasteiger partial charge in [-0.3, -0.25) is 14.6 Å². The summed E-state index contributed by atoms with van der Waals surface area (Å²) >= 11 is 8.37. The van der Waals surface area contributed by atoms with Crippen LogP contribution >= 0.6 is 23.4 Å². The lowest BCUT2D eigenvalue weighted by atomic mass is 9.96. The number of hydrogen-bond donors (Lipinski definition) is 3. The minimum absolute atomic E-state index is 0.00919. The highest BCUT2D eigenvalue weighted by molar-refractivity contribution is 7.99. The molecule has 11 heteroatoms. The highest BCUT2D eigenvalue weighted by atomic mass is 35.5. The number of pyridine rings is 1. The van der Waals surface area contributed by atoms with Crippen molar-refractivity contribution in [1.29, 1.82) is 0 Å². The fourth-order valence-electron chi connectivity index (χ4n) is 5.73. The van der Waals surface area contributed by atoms with Gasteiger partial charge in [-0.05, 0) is 105 Å². The van der Waals surface area contributed by atoms with Gasteiger partial charge in [0.1, 0.15) is 11.9 Å². The molecular weight excluding hydrogens is 650 g/mol. The quantitative estimate of drug-likeness (QED) is 0.0880. The van der Waals surface area contributed by atoms with Crippen LogP contribution in [0.25, 0.3) is 11.1 Å². The number of aromatic nitrogens is 1. The summed E-state index contributed by atoms with van der Waals surface area (Å²) in [5.74, 6) is 0.677. The van der Waals surface area contributed by atoms with Crippen molar-refractivity contribution in [2.45, 2.75) is 93.5 Å². The molecular formula is C37H46ClN3O6S. The summed E-state index contributed by atoms with van der Waals surface area (Å²) in [5.41, 5.74) is 9.10. The van der Waals surface area contributed by atoms with Crippen LogP contribution in [0.2, 0.25) is 5.02 Å². The Morgan fingerprint density at radius 1 is 1.06 bits per heavy atom. The van der Waals surface area contributed by atoms with E-state index < -0.39 is 23.5 Å². The molecule has 3 aromatic rings. The van der Waals surface area contributed by atoms with E-state index in [2.05, 4.69) is 23.2 Å². The SMILES string of the molecule is NC(=O)CN(CCCCCSc1ccc(Cl)c(COC2(c3cnccc3-c3ccccc3OC3CC3)CC2)c1)C(=O)C(O)CCCCO. The zero-order chi connectivity index (χ0) is 33.9. The van der Waals surface area contributed by atoms with Crippen molar-refractivity contribution in [1.82, 2.24) is 9.88 Å². The second kappa shape index (κ2) is 17.5. The molecule has 2 fully saturated rings. The normalized spacial score (nSPS) is 15.6. The van der Waals surface area contributed by atoms with Crippen molar-refractivity contribution in [3.05, 3.63) is 77.1 Å². The Morgan fingerprint density at radius 3 is 2.62 bits per heavy atom. The van der Waals surface area contributed by atoms with E-state index in [1.165, 1.54) is 4.90 Å². The molecule has 0 bridgehead atoms. The van der Waals surface area contributed by atoms with Gasteiger partial charge in [-0.2, -0.15) is 0 Å². The maximum absolute atomic E-state index is 12.6. The number of carbonyl (C=O) groups excluding carboxylic acids is 2. The zero-order valence-electron chi connectivity index (χ0n) is 27.3. The lowest BCUT2D eigenvalue weighted by molar-refractivity contribution is -0.143. The fourth-order valence-corrected chi connectivity index (χ4v) is 6.88. The molecule has 2 amide bonds. The molecule has 0 saturated heterocycles. The van der Waals surface area contributed by atoms with Crippen molar-refractivity contribution >= 4 is 35.2 Å². The Kier molecular flexibility index (Phi) is 13.2. The molecule has 2 aliphatic carbocycles. The largest absolute Gasteiger partial charge is 0.490 e. The number of thioether (sulfide) groups is 1. The summed E-state index contributed by atoms with van der Waals surface area (Å²) < 4.78 is 12.9. The highest BCUT2D eigenvalue weighted by Gasteiger charge is 2.47. The molecule has 0 spiro atoms. The summed E-state index contributed by atoms with van der Waals surface area (Å²) in [7, 11) is 0. The van der Waals surface area contributed by atoms with Crippen LogP contribution in [0.15, 0.2) is 65.8 Å². The van der Waals surface area contributed by atoms with Crippen molar-refractivity contribution in [2.75, 3.05) is 25.4 Å². The summed E-state index contributed by atoms with van der Waals surface area (Å²) in [6.45, 7) is 0.532. The molecule has 1 unspecified atom stereocenters. The maximum Gasteiger partial charge on any atom is 0.251 e. The maximum atomic E-state index is 12.6. The number of aliphatic hydroxyl groups excluding tert-OH is 2. The van der Waals surface area contributed by atoms with Gasteiger partial charge in [-0.15, -0.1) is 11.8 Å². The Labute approximate surface area is 292 Å². The van der Waals surface area contributed by atoms with Crippen molar-refractivity contribution in [3.63, 3.8) is 0 Å². The van der Waals surface area contributed by atoms with E-state index in [0.29, 0.717) is 43.5 Å². The predicted octanol–water partition coefficient (Wildman–Crippen LogP) is 6.25. The second-order valence-corrected chi connectivity index (χ2v) is 14.2. The van der Waals surface area contributed by atoms with Crippen LogP contribution in [0.5, 0.6) is 5.75 Å². The number of benzene rings is 2. The zero-order valence-corrected chi connectivity index (χ0v) is 28.9. The number of ether oxygens (including phenoxy) is 2. The van der Waals surface area contributed by atoms with E-state index in [1.807, 2.05) is 42.7 Å². The number of carbonyl (C=O) groups is 2. The van der Waals surface area contributed by atoms with Gasteiger partial charge in [0.15, 0.2) is 0 Å². The van der Waals surface area contributed by atoms with Gasteiger partial charge in [-0.25, -0.2) is 0 Å². The third-order valence-corrected chi connectivity index (χ3v) is 10.2. The molecule has 258 valence electrons. The van der Waals surface area contributed by atoms with E-state index in [-0.39, 0.29) is 19.6 Å². The number of hydrogen-bond acceptors (Lipinski definition) is 8. The Hall–Kier alpha value is -3.15. The Bertz CT molecular complexity index is 1530. The molecule has 2 aromatic carbocycles. The lowest BCUT2D eigenvalue weighted by Crippen LogP contribution is -2.44. The number of para-hydroxylation sites is 1. The van der Waals surface area contributed by atoms with E-state index in [1.54, 1.807) is 11.8 Å². The Morgan fingerprint density at radius 2 is 1.88 bits per heavy atom. The second-order valence-electron chi connectivity index (χ2n) is 12.6. The molecule has 1 aromatic heterocycles. The van der Waals surface area contributed by atoms with Crippen LogP contribution < -0.4 is 10.5 Å². The van der Waals surface area contributed by atoms with E-state index in [4.69, 9.17) is 31.9 Å². The number of amides is 2. The number of halogens is 1. The van der Waals surface area contributed by atoms with Crippen molar-refractivity contribution in [3.8, 4) is 16.9 Å². The number of aliphatic hydroxyl groups is 2. The third-order valence-electron chi connectivity index (χ3n) is 8.70. The van der Waals surface area contributed by atoms with Gasteiger partial charge in [0.05, 0.1) is 24.9 Å². The minimum atomic E-state index is -1.20. The van der Waals surface area contributed by atoms with Crippen LogP contribution in [-0.2, 0) is 26.5 Å². The predicted molar refractivity (Wildman–Crippen MR) is 188 cm³/mol. The molecule has 2 aliphatic rings. The summed E-state index contributed by atoms with van der Waals surface area (Å²) in [4.78, 5) is 31.1. The number of rotatable bonds is 21. The number of primary amides is 1. The molecule has 1 heterocycles. The van der Waals surface area contributed by atoms with E-state index in [0.717, 1.165) is 77.2 Å². The van der Waals surface area contributed by atoms with Gasteiger partial charge >= 0.3 is 0 Å². The first kappa shape index (κ1) is 36.1. The van der Waals surface area contributed by atoms with E-state index in [9.17, 15) is 14.7 Å². The third kappa shape index (κ3) is 10.2. The van der Waals surface area contributed by atoms with Crippen molar-refractivity contribution < 1.29 is 29.3 Å². The first-order valence-corrected chi connectivity index (χ1v) is 18.3. The standard InChI is InChI=1S/C37H46ClN3O6S/c38-32-14-13-28(48-21-7-1-5-19-41(24-35(39)44)36(45)33(43)9-4-6-20-42)22-26(32)25-46-37(16-17-37)31-23-40-18-15-29(31)30-8-2-3-10-34(30)47-27-11-12-27/h2-3,8,10,13-15,18,22-23,27,33,42-43H,1,4-7,9,11-12,16-17,19-21,24-25H2,(H2,39,44). The molecule has 0 aliphatic heterocycles. The van der Waals surface area contributed by atoms with Gasteiger partial charge in [0, 0.05) is 46.6 Å². The molecule has 48 heavy (non-hydrogen) atoms. The van der Waals surface area contributed by atoms with Gasteiger partial charge in [-0.1, -0.05) is 36.2 Å². The first-order valence-electron chi connectivity index (χ1n) is 16.9. The summed E-state index contributed by atoms with van der Waals surface area (Å²) in [6.07, 6.45) is 10.6. The average molecular weight is 696 g/mol. The molecule has 1 atom stereocenters. The summed E-state index contributed by atoms with van der Waals surface area (Å²) in [6, 6.07) is 16.3. The monoisotopic (exact) mass is 695 g/mol. The van der Waals surface area contributed by atoms with Crippen LogP contribution in [0, 0.1) is 0 Å². The molecule has 9 nitrogen and oxygen atoms in total. The van der Waals surface area contributed by atoms with Crippen LogP contribution in [-0.4, -0.2) is 69.6 Å². The van der Waals surface area contributed by atoms with Crippen LogP contribution in [0.1, 0.15) is 75.3 Å². The van der Waals surface area contributed by atoms with Crippen molar-refractivity contribution in [2.24, 2.45) is 5.73 Å². The van der Waals surface area contributed by atoms with Gasteiger partial charge in [0.25, 0.3) is 5.91 Å². The van der Waals surface area contributed by atoms with Gasteiger partial charge in [0.2, 0.25) is 5.91 Å². The topological polar surface area (TPSA) is 135 Å². The smallest absolute Gasteiger partial charge is 0.251 e. The van der Waals surface area contributed by atoms with Crippen LogP contribution in [0.3, 0.4) is 0 Å². The molecule has 2 saturated carbocycles. The lowest BCUT2D eigenvalue weighted by Gasteiger charge is -2.24. The summed E-state index contributed by atoms with van der Waals surface area (Å²) in [5, 5.41) is 19.8. The van der Waals surface area contributed by atoms with Gasteiger partial charge < -0.3 is 30.3 Å². The minimum Gasteiger partial charge on any atom is -0.490 e. The molecule has 5 rings (SSSR count). The van der Waals surface area contributed by atoms with Crippen LogP contribution in [0.4, 0.5) is 0 Å². The first-order chi connectivity index (χ1) is 23.3. The van der Waals surface area contributed by atoms with E-state index >= 15 is 0 Å². The Balaban J connectivity index is 1.12. The number of nitrogens with two attached hydrogens (primary N) is 1. The number of nitrogens with zero attached hydrogens (tertiary/aromatic N) is 2. The average Bonchev–Trinajstić information content (AvgIpc) is 4.03. The highest BCUT2D eigenvalue weighted by Crippen LogP contribution is 2.53. The fraction of sp³-hybridized carbons (Fsp3) is 0.486. The number of unbranched alkanes of at least 4 members (excludes halogenated alkanes) is 3. The molecule has 0 radical (unpaired) electrons.